The normalized spacial score (nSPS) is 11.4. The maximum atomic E-state index is 12.6. The Morgan fingerprint density at radius 1 is 1.17 bits per heavy atom. The SMILES string of the molecule is CN(C)CCNCc1ccccc1C(F)(F)F.N. The fraction of sp³-hybridized carbons (Fsp3) is 0.500. The van der Waals surface area contributed by atoms with Crippen LogP contribution in [0.3, 0.4) is 0 Å². The van der Waals surface area contributed by atoms with E-state index >= 15 is 0 Å². The van der Waals surface area contributed by atoms with Crippen molar-refractivity contribution >= 4 is 0 Å². The summed E-state index contributed by atoms with van der Waals surface area (Å²) in [5.41, 5.74) is -0.267. The van der Waals surface area contributed by atoms with Crippen molar-refractivity contribution in [3.05, 3.63) is 35.4 Å². The highest BCUT2D eigenvalue weighted by Crippen LogP contribution is 2.31. The van der Waals surface area contributed by atoms with Gasteiger partial charge in [0.05, 0.1) is 5.56 Å². The molecule has 3 nitrogen and oxygen atoms in total. The van der Waals surface area contributed by atoms with Crippen LogP contribution in [0.15, 0.2) is 24.3 Å². The lowest BCUT2D eigenvalue weighted by Gasteiger charge is -2.14. The molecule has 0 atom stereocenters. The van der Waals surface area contributed by atoms with Crippen LogP contribution in [0.1, 0.15) is 11.1 Å². The third-order valence-electron chi connectivity index (χ3n) is 2.37. The Kier molecular flexibility index (Phi) is 6.90. The van der Waals surface area contributed by atoms with Crippen molar-refractivity contribution in [2.45, 2.75) is 12.7 Å². The fourth-order valence-electron chi connectivity index (χ4n) is 1.48. The molecule has 0 radical (unpaired) electrons. The minimum absolute atomic E-state index is 0. The number of nitrogens with zero attached hydrogens (tertiary/aromatic N) is 1. The fourth-order valence-corrected chi connectivity index (χ4v) is 1.48. The van der Waals surface area contributed by atoms with Crippen molar-refractivity contribution in [2.24, 2.45) is 0 Å². The van der Waals surface area contributed by atoms with Crippen LogP contribution in [0, 0.1) is 0 Å². The average Bonchev–Trinajstić information content (AvgIpc) is 2.23. The molecule has 0 saturated carbocycles. The molecule has 1 rings (SSSR count). The Morgan fingerprint density at radius 2 is 1.78 bits per heavy atom. The molecule has 0 aliphatic carbocycles. The number of halogens is 3. The summed E-state index contributed by atoms with van der Waals surface area (Å²) in [6.45, 7) is 1.71. The monoisotopic (exact) mass is 263 g/mol. The second-order valence-corrected chi connectivity index (χ2v) is 4.13. The van der Waals surface area contributed by atoms with Crippen molar-refractivity contribution < 1.29 is 13.2 Å². The lowest BCUT2D eigenvalue weighted by atomic mass is 10.1. The van der Waals surface area contributed by atoms with Gasteiger partial charge in [0.15, 0.2) is 0 Å². The lowest BCUT2D eigenvalue weighted by molar-refractivity contribution is -0.138. The second kappa shape index (κ2) is 7.35. The Hall–Kier alpha value is -1.11. The summed E-state index contributed by atoms with van der Waals surface area (Å²) >= 11 is 0. The topological polar surface area (TPSA) is 50.3 Å². The predicted octanol–water partition coefficient (Wildman–Crippen LogP) is 2.52. The molecule has 0 amide bonds. The predicted molar refractivity (Wildman–Crippen MR) is 66.7 cm³/mol. The molecule has 0 unspecified atom stereocenters. The van der Waals surface area contributed by atoms with E-state index in [1.807, 2.05) is 19.0 Å². The van der Waals surface area contributed by atoms with Gasteiger partial charge in [-0.3, -0.25) is 0 Å². The highest BCUT2D eigenvalue weighted by Gasteiger charge is 2.32. The zero-order valence-corrected chi connectivity index (χ0v) is 10.7. The summed E-state index contributed by atoms with van der Waals surface area (Å²) in [4.78, 5) is 1.97. The number of likely N-dealkylation sites (N-methyl/N-ethyl adjacent to an activating group) is 1. The number of nitrogens with one attached hydrogen (secondary N) is 1. The van der Waals surface area contributed by atoms with E-state index in [0.717, 1.165) is 12.6 Å². The van der Waals surface area contributed by atoms with Crippen molar-refractivity contribution in [3.63, 3.8) is 0 Å². The van der Waals surface area contributed by atoms with E-state index < -0.39 is 11.7 Å². The van der Waals surface area contributed by atoms with Crippen LogP contribution in [0.5, 0.6) is 0 Å². The summed E-state index contributed by atoms with van der Waals surface area (Å²) < 4.78 is 37.9. The van der Waals surface area contributed by atoms with Crippen LogP contribution in [0.4, 0.5) is 13.2 Å². The molecule has 6 heteroatoms. The zero-order valence-electron chi connectivity index (χ0n) is 10.7. The van der Waals surface area contributed by atoms with Gasteiger partial charge in [0.2, 0.25) is 0 Å². The molecule has 0 saturated heterocycles. The highest BCUT2D eigenvalue weighted by molar-refractivity contribution is 5.29. The van der Waals surface area contributed by atoms with Gasteiger partial charge in [-0.15, -0.1) is 0 Å². The molecule has 4 N–H and O–H groups in total. The Morgan fingerprint density at radius 3 is 2.33 bits per heavy atom. The summed E-state index contributed by atoms with van der Waals surface area (Å²) in [5.74, 6) is 0. The first-order valence-electron chi connectivity index (χ1n) is 5.42. The minimum Gasteiger partial charge on any atom is -0.344 e. The second-order valence-electron chi connectivity index (χ2n) is 4.13. The first kappa shape index (κ1) is 16.9. The van der Waals surface area contributed by atoms with Crippen molar-refractivity contribution in [1.82, 2.24) is 16.4 Å². The molecule has 18 heavy (non-hydrogen) atoms. The van der Waals surface area contributed by atoms with E-state index in [1.165, 1.54) is 12.1 Å². The molecule has 0 heterocycles. The zero-order chi connectivity index (χ0) is 12.9. The lowest BCUT2D eigenvalue weighted by Crippen LogP contribution is -2.27. The Bertz CT molecular complexity index is 351. The molecule has 0 aliphatic rings. The van der Waals surface area contributed by atoms with Crippen molar-refractivity contribution in [1.29, 1.82) is 0 Å². The van der Waals surface area contributed by atoms with E-state index in [9.17, 15) is 13.2 Å². The molecular weight excluding hydrogens is 243 g/mol. The van der Waals surface area contributed by atoms with Crippen LogP contribution in [-0.2, 0) is 12.7 Å². The third-order valence-corrected chi connectivity index (χ3v) is 2.37. The Balaban J connectivity index is 0.00000289. The molecule has 0 fully saturated rings. The van der Waals surface area contributed by atoms with Crippen LogP contribution in [0.2, 0.25) is 0 Å². The first-order chi connectivity index (χ1) is 7.91. The van der Waals surface area contributed by atoms with Gasteiger partial charge in [0, 0.05) is 19.6 Å². The summed E-state index contributed by atoms with van der Waals surface area (Å²) in [5, 5.41) is 3.00. The summed E-state index contributed by atoms with van der Waals surface area (Å²) in [6, 6.07) is 5.65. The van der Waals surface area contributed by atoms with E-state index in [2.05, 4.69) is 5.32 Å². The molecule has 1 aromatic rings. The van der Waals surface area contributed by atoms with Gasteiger partial charge < -0.3 is 16.4 Å². The third kappa shape index (κ3) is 5.48. The Labute approximate surface area is 106 Å². The van der Waals surface area contributed by atoms with Crippen molar-refractivity contribution in [2.75, 3.05) is 27.2 Å². The minimum atomic E-state index is -4.28. The van der Waals surface area contributed by atoms with Crippen molar-refractivity contribution in [3.8, 4) is 0 Å². The van der Waals surface area contributed by atoms with Crippen LogP contribution in [0.25, 0.3) is 0 Å². The number of alkyl halides is 3. The van der Waals surface area contributed by atoms with Gasteiger partial charge in [-0.2, -0.15) is 13.2 Å². The van der Waals surface area contributed by atoms with Gasteiger partial charge >= 0.3 is 6.18 Å². The van der Waals surface area contributed by atoms with Gasteiger partial charge in [0.25, 0.3) is 0 Å². The smallest absolute Gasteiger partial charge is 0.344 e. The van der Waals surface area contributed by atoms with Gasteiger partial charge in [0.1, 0.15) is 0 Å². The van der Waals surface area contributed by atoms with Gasteiger partial charge in [-0.05, 0) is 25.7 Å². The van der Waals surface area contributed by atoms with E-state index in [1.54, 1.807) is 6.07 Å². The molecular formula is C12H20F3N3. The molecule has 1 aromatic carbocycles. The van der Waals surface area contributed by atoms with Crippen LogP contribution < -0.4 is 11.5 Å². The molecule has 0 aliphatic heterocycles. The standard InChI is InChI=1S/C12H17F3N2.H3N/c1-17(2)8-7-16-9-10-5-3-4-6-11(10)12(13,14)15;/h3-6,16H,7-9H2,1-2H3;1H3. The largest absolute Gasteiger partial charge is 0.416 e. The first-order valence-corrected chi connectivity index (χ1v) is 5.42. The number of hydrogen-bond donors (Lipinski definition) is 2. The summed E-state index contributed by atoms with van der Waals surface area (Å²) in [6.07, 6.45) is -4.28. The molecule has 104 valence electrons. The van der Waals surface area contributed by atoms with Crippen LogP contribution in [-0.4, -0.2) is 32.1 Å². The average molecular weight is 263 g/mol. The molecule has 0 aromatic heterocycles. The van der Waals surface area contributed by atoms with E-state index in [4.69, 9.17) is 0 Å². The maximum Gasteiger partial charge on any atom is 0.416 e. The molecule has 0 bridgehead atoms. The number of benzene rings is 1. The van der Waals surface area contributed by atoms with Gasteiger partial charge in [-0.1, -0.05) is 18.2 Å². The van der Waals surface area contributed by atoms with Gasteiger partial charge in [-0.25, -0.2) is 0 Å². The number of rotatable bonds is 5. The van der Waals surface area contributed by atoms with E-state index in [-0.39, 0.29) is 12.7 Å². The maximum absolute atomic E-state index is 12.6. The molecule has 0 spiro atoms. The highest BCUT2D eigenvalue weighted by atomic mass is 19.4. The number of hydrogen-bond acceptors (Lipinski definition) is 3. The summed E-state index contributed by atoms with van der Waals surface area (Å²) in [7, 11) is 3.84. The van der Waals surface area contributed by atoms with E-state index in [0.29, 0.717) is 12.1 Å². The quantitative estimate of drug-likeness (QED) is 0.803. The van der Waals surface area contributed by atoms with Crippen LogP contribution >= 0.6 is 0 Å².